The zero-order valence-corrected chi connectivity index (χ0v) is 13.2. The number of oxime groups is 1. The van der Waals surface area contributed by atoms with Gasteiger partial charge in [0.15, 0.2) is 6.10 Å². The van der Waals surface area contributed by atoms with Crippen molar-refractivity contribution in [2.75, 3.05) is 0 Å². The lowest BCUT2D eigenvalue weighted by atomic mass is 10.0. The highest BCUT2D eigenvalue weighted by Crippen LogP contribution is 2.28. The van der Waals surface area contributed by atoms with E-state index in [0.717, 1.165) is 23.3 Å². The van der Waals surface area contributed by atoms with Gasteiger partial charge in [-0.2, -0.15) is 0 Å². The first kappa shape index (κ1) is 16.8. The molecule has 0 amide bonds. The van der Waals surface area contributed by atoms with Crippen LogP contribution in [-0.4, -0.2) is 15.7 Å². The van der Waals surface area contributed by atoms with Gasteiger partial charge < -0.3 is 4.84 Å². The SMILES string of the molecule is CC.CC.c1cncc(C2CC(c3ccncc3)=NO2)c1. The molecule has 1 aliphatic heterocycles. The molecule has 1 atom stereocenters. The zero-order chi connectivity index (χ0) is 15.5. The third kappa shape index (κ3) is 4.67. The number of hydrogen-bond donors (Lipinski definition) is 0. The maximum absolute atomic E-state index is 5.43. The summed E-state index contributed by atoms with van der Waals surface area (Å²) in [6.07, 6.45) is 7.84. The van der Waals surface area contributed by atoms with Gasteiger partial charge >= 0.3 is 0 Å². The fourth-order valence-electron chi connectivity index (χ4n) is 1.84. The molecule has 112 valence electrons. The summed E-state index contributed by atoms with van der Waals surface area (Å²) in [5.74, 6) is 0. The lowest BCUT2D eigenvalue weighted by Crippen LogP contribution is -2.01. The van der Waals surface area contributed by atoms with Crippen molar-refractivity contribution in [3.63, 3.8) is 0 Å². The molecule has 0 saturated carbocycles. The van der Waals surface area contributed by atoms with Crippen LogP contribution in [-0.2, 0) is 4.84 Å². The minimum absolute atomic E-state index is 0.0214. The molecule has 2 aromatic rings. The molecule has 1 unspecified atom stereocenters. The summed E-state index contributed by atoms with van der Waals surface area (Å²) in [5, 5.41) is 4.12. The van der Waals surface area contributed by atoms with E-state index in [-0.39, 0.29) is 6.10 Å². The molecule has 4 heteroatoms. The van der Waals surface area contributed by atoms with Gasteiger partial charge in [0.1, 0.15) is 0 Å². The molecule has 0 N–H and O–H groups in total. The van der Waals surface area contributed by atoms with Gasteiger partial charge in [-0.25, -0.2) is 0 Å². The number of hydrogen-bond acceptors (Lipinski definition) is 4. The first-order valence-electron chi connectivity index (χ1n) is 7.46. The summed E-state index contributed by atoms with van der Waals surface area (Å²) in [6, 6.07) is 7.79. The molecule has 0 aliphatic carbocycles. The summed E-state index contributed by atoms with van der Waals surface area (Å²) in [5.41, 5.74) is 3.08. The number of nitrogens with zero attached hydrogens (tertiary/aromatic N) is 3. The molecule has 0 fully saturated rings. The summed E-state index contributed by atoms with van der Waals surface area (Å²) in [4.78, 5) is 13.5. The second-order valence-electron chi connectivity index (χ2n) is 3.86. The molecule has 4 nitrogen and oxygen atoms in total. The van der Waals surface area contributed by atoms with Crippen LogP contribution in [0, 0.1) is 0 Å². The lowest BCUT2D eigenvalue weighted by Gasteiger charge is -2.06. The molecular weight excluding hydrogens is 262 g/mol. The Morgan fingerprint density at radius 3 is 2.29 bits per heavy atom. The average Bonchev–Trinajstić information content (AvgIpc) is 3.10. The van der Waals surface area contributed by atoms with Crippen molar-refractivity contribution >= 4 is 5.71 Å². The standard InChI is InChI=1S/C13H11N3O.2C2H6/c1-2-11(9-15-5-1)13-8-12(16-17-13)10-3-6-14-7-4-10;2*1-2/h1-7,9,13H,8H2;2*1-2H3. The summed E-state index contributed by atoms with van der Waals surface area (Å²) in [7, 11) is 0. The zero-order valence-electron chi connectivity index (χ0n) is 13.2. The van der Waals surface area contributed by atoms with Gasteiger partial charge in [0.2, 0.25) is 0 Å². The van der Waals surface area contributed by atoms with Gasteiger partial charge in [-0.1, -0.05) is 38.9 Å². The van der Waals surface area contributed by atoms with Crippen molar-refractivity contribution < 1.29 is 4.84 Å². The first-order valence-corrected chi connectivity index (χ1v) is 7.46. The van der Waals surface area contributed by atoms with Crippen LogP contribution in [0.15, 0.2) is 54.2 Å². The molecule has 1 aliphatic rings. The Hall–Kier alpha value is -2.23. The van der Waals surface area contributed by atoms with Gasteiger partial charge in [-0.15, -0.1) is 0 Å². The van der Waals surface area contributed by atoms with E-state index in [4.69, 9.17) is 4.84 Å². The fourth-order valence-corrected chi connectivity index (χ4v) is 1.84. The lowest BCUT2D eigenvalue weighted by molar-refractivity contribution is 0.0855. The van der Waals surface area contributed by atoms with E-state index in [1.807, 2.05) is 58.2 Å². The van der Waals surface area contributed by atoms with Gasteiger partial charge in [-0.05, 0) is 18.2 Å². The molecular formula is C17H23N3O. The molecule has 3 heterocycles. The molecule has 2 aromatic heterocycles. The van der Waals surface area contributed by atoms with Crippen LogP contribution in [0.2, 0.25) is 0 Å². The predicted octanol–water partition coefficient (Wildman–Crippen LogP) is 4.39. The highest BCUT2D eigenvalue weighted by molar-refractivity contribution is 6.01. The molecule has 0 radical (unpaired) electrons. The Labute approximate surface area is 126 Å². The normalized spacial score (nSPS) is 15.6. The van der Waals surface area contributed by atoms with Crippen LogP contribution in [0.5, 0.6) is 0 Å². The molecule has 3 rings (SSSR count). The topological polar surface area (TPSA) is 47.4 Å². The van der Waals surface area contributed by atoms with Crippen LogP contribution < -0.4 is 0 Å². The highest BCUT2D eigenvalue weighted by atomic mass is 16.6. The van der Waals surface area contributed by atoms with Gasteiger partial charge in [0.25, 0.3) is 0 Å². The van der Waals surface area contributed by atoms with E-state index in [2.05, 4.69) is 15.1 Å². The monoisotopic (exact) mass is 285 g/mol. The summed E-state index contributed by atoms with van der Waals surface area (Å²) >= 11 is 0. The molecule has 0 aromatic carbocycles. The minimum Gasteiger partial charge on any atom is -0.387 e. The van der Waals surface area contributed by atoms with Crippen LogP contribution >= 0.6 is 0 Å². The van der Waals surface area contributed by atoms with E-state index in [1.54, 1.807) is 18.6 Å². The van der Waals surface area contributed by atoms with Gasteiger partial charge in [0, 0.05) is 42.3 Å². The number of pyridine rings is 2. The number of aromatic nitrogens is 2. The van der Waals surface area contributed by atoms with Crippen LogP contribution in [0.4, 0.5) is 0 Å². The van der Waals surface area contributed by atoms with Crippen LogP contribution in [0.1, 0.15) is 51.3 Å². The van der Waals surface area contributed by atoms with Gasteiger partial charge in [0.05, 0.1) is 5.71 Å². The second-order valence-corrected chi connectivity index (χ2v) is 3.86. The maximum Gasteiger partial charge on any atom is 0.159 e. The Kier molecular flexibility index (Phi) is 7.72. The predicted molar refractivity (Wildman–Crippen MR) is 86.2 cm³/mol. The smallest absolute Gasteiger partial charge is 0.159 e. The second kappa shape index (κ2) is 9.64. The fraction of sp³-hybridized carbons (Fsp3) is 0.353. The maximum atomic E-state index is 5.43. The number of rotatable bonds is 2. The van der Waals surface area contributed by atoms with Crippen molar-refractivity contribution in [1.29, 1.82) is 0 Å². The van der Waals surface area contributed by atoms with E-state index in [1.165, 1.54) is 0 Å². The minimum atomic E-state index is -0.0214. The molecule has 0 spiro atoms. The van der Waals surface area contributed by atoms with Crippen LogP contribution in [0.3, 0.4) is 0 Å². The first-order chi connectivity index (χ1) is 10.4. The van der Waals surface area contributed by atoms with Crippen LogP contribution in [0.25, 0.3) is 0 Å². The molecule has 0 saturated heterocycles. The Balaban J connectivity index is 0.000000510. The Morgan fingerprint density at radius 1 is 0.952 bits per heavy atom. The van der Waals surface area contributed by atoms with Crippen molar-refractivity contribution in [3.05, 3.63) is 60.2 Å². The Morgan fingerprint density at radius 2 is 1.67 bits per heavy atom. The average molecular weight is 285 g/mol. The quantitative estimate of drug-likeness (QED) is 0.822. The molecule has 0 bridgehead atoms. The van der Waals surface area contributed by atoms with E-state index >= 15 is 0 Å². The largest absolute Gasteiger partial charge is 0.387 e. The Bertz CT molecular complexity index is 526. The van der Waals surface area contributed by atoms with Crippen molar-refractivity contribution in [2.24, 2.45) is 5.16 Å². The summed E-state index contributed by atoms with van der Waals surface area (Å²) in [6.45, 7) is 8.00. The third-order valence-electron chi connectivity index (χ3n) is 2.74. The van der Waals surface area contributed by atoms with Crippen molar-refractivity contribution in [3.8, 4) is 0 Å². The van der Waals surface area contributed by atoms with E-state index in [0.29, 0.717) is 0 Å². The van der Waals surface area contributed by atoms with Crippen molar-refractivity contribution in [1.82, 2.24) is 9.97 Å². The van der Waals surface area contributed by atoms with E-state index in [9.17, 15) is 0 Å². The third-order valence-corrected chi connectivity index (χ3v) is 2.74. The van der Waals surface area contributed by atoms with E-state index < -0.39 is 0 Å². The highest BCUT2D eigenvalue weighted by Gasteiger charge is 2.23. The van der Waals surface area contributed by atoms with Crippen molar-refractivity contribution in [2.45, 2.75) is 40.2 Å². The molecule has 21 heavy (non-hydrogen) atoms. The van der Waals surface area contributed by atoms with Gasteiger partial charge in [-0.3, -0.25) is 9.97 Å². The summed E-state index contributed by atoms with van der Waals surface area (Å²) < 4.78 is 0.